The van der Waals surface area contributed by atoms with E-state index in [1.165, 1.54) is 0 Å². The maximum Gasteiger partial charge on any atom is 0.323 e. The van der Waals surface area contributed by atoms with Crippen LogP contribution in [0.1, 0.15) is 25.2 Å². The zero-order valence-corrected chi connectivity index (χ0v) is 15.4. The maximum absolute atomic E-state index is 12.8. The molecule has 0 fully saturated rings. The fraction of sp³-hybridized carbons (Fsp3) is 0.500. The minimum absolute atomic E-state index is 0.187. The number of carbonyl (C=O) groups excluding carboxylic acids is 1. The Kier molecular flexibility index (Phi) is 6.94. The van der Waals surface area contributed by atoms with Crippen molar-refractivity contribution in [2.24, 2.45) is 5.92 Å². The number of aromatic nitrogens is 3. The van der Waals surface area contributed by atoms with Gasteiger partial charge in [0.15, 0.2) is 0 Å². The number of carbonyl (C=O) groups is 1. The van der Waals surface area contributed by atoms with Gasteiger partial charge in [0.1, 0.15) is 5.82 Å². The normalized spacial score (nSPS) is 10.9. The largest absolute Gasteiger partial charge is 0.383 e. The second-order valence-electron chi connectivity index (χ2n) is 6.41. The molecule has 7 heteroatoms. The van der Waals surface area contributed by atoms with Gasteiger partial charge in [-0.3, -0.25) is 10.3 Å². The number of hydrogen-bond acceptors (Lipinski definition) is 4. The summed E-state index contributed by atoms with van der Waals surface area (Å²) in [5.41, 5.74) is 1.71. The van der Waals surface area contributed by atoms with E-state index in [4.69, 9.17) is 4.74 Å². The van der Waals surface area contributed by atoms with Gasteiger partial charge in [-0.2, -0.15) is 5.10 Å². The highest BCUT2D eigenvalue weighted by atomic mass is 16.5. The van der Waals surface area contributed by atoms with Crippen molar-refractivity contribution in [2.75, 3.05) is 25.6 Å². The number of amides is 2. The molecule has 2 aromatic rings. The molecule has 2 heterocycles. The molecule has 136 valence electrons. The van der Waals surface area contributed by atoms with Gasteiger partial charge in [0.2, 0.25) is 0 Å². The van der Waals surface area contributed by atoms with E-state index in [1.54, 1.807) is 18.2 Å². The molecule has 0 spiro atoms. The SMILES string of the molecule is COCCN(Cc1ccccn1)C(=O)Nc1cc(C)nn1CC(C)C. The van der Waals surface area contributed by atoms with E-state index < -0.39 is 0 Å². The lowest BCUT2D eigenvalue weighted by molar-refractivity contribution is 0.152. The number of aryl methyl sites for hydroxylation is 1. The van der Waals surface area contributed by atoms with Gasteiger partial charge >= 0.3 is 6.03 Å². The smallest absolute Gasteiger partial charge is 0.323 e. The first kappa shape index (κ1) is 18.9. The molecule has 0 saturated carbocycles. The van der Waals surface area contributed by atoms with Crippen LogP contribution in [0.5, 0.6) is 0 Å². The Hall–Kier alpha value is -2.41. The molecule has 25 heavy (non-hydrogen) atoms. The maximum atomic E-state index is 12.8. The van der Waals surface area contributed by atoms with Crippen LogP contribution in [-0.4, -0.2) is 46.0 Å². The highest BCUT2D eigenvalue weighted by Crippen LogP contribution is 2.14. The molecule has 0 saturated heterocycles. The molecule has 0 aliphatic rings. The number of methoxy groups -OCH3 is 1. The molecular formula is C18H27N5O2. The number of rotatable bonds is 8. The topological polar surface area (TPSA) is 72.3 Å². The molecule has 2 rings (SSSR count). The van der Waals surface area contributed by atoms with E-state index in [-0.39, 0.29) is 6.03 Å². The van der Waals surface area contributed by atoms with Crippen LogP contribution in [0, 0.1) is 12.8 Å². The summed E-state index contributed by atoms with van der Waals surface area (Å²) in [5.74, 6) is 1.15. The Balaban J connectivity index is 2.11. The third-order valence-corrected chi connectivity index (χ3v) is 3.61. The van der Waals surface area contributed by atoms with Crippen molar-refractivity contribution < 1.29 is 9.53 Å². The summed E-state index contributed by atoms with van der Waals surface area (Å²) in [4.78, 5) is 18.7. The molecule has 0 aromatic carbocycles. The summed E-state index contributed by atoms with van der Waals surface area (Å²) in [7, 11) is 1.62. The van der Waals surface area contributed by atoms with Gasteiger partial charge in [0.05, 0.1) is 24.5 Å². The molecule has 0 bridgehead atoms. The molecule has 0 aliphatic carbocycles. The summed E-state index contributed by atoms with van der Waals surface area (Å²) in [6.07, 6.45) is 1.73. The monoisotopic (exact) mass is 345 g/mol. The third-order valence-electron chi connectivity index (χ3n) is 3.61. The van der Waals surface area contributed by atoms with Crippen molar-refractivity contribution in [3.05, 3.63) is 41.9 Å². The van der Waals surface area contributed by atoms with Gasteiger partial charge in [-0.05, 0) is 25.0 Å². The van der Waals surface area contributed by atoms with E-state index in [2.05, 4.69) is 29.2 Å². The number of anilines is 1. The van der Waals surface area contributed by atoms with Crippen molar-refractivity contribution in [3.8, 4) is 0 Å². The summed E-state index contributed by atoms with van der Waals surface area (Å²) < 4.78 is 6.97. The predicted molar refractivity (Wildman–Crippen MR) is 97.3 cm³/mol. The lowest BCUT2D eigenvalue weighted by atomic mass is 10.2. The number of urea groups is 1. The van der Waals surface area contributed by atoms with Gasteiger partial charge in [0.25, 0.3) is 0 Å². The van der Waals surface area contributed by atoms with E-state index in [1.807, 2.05) is 35.9 Å². The van der Waals surface area contributed by atoms with Crippen LogP contribution in [0.4, 0.5) is 10.6 Å². The number of pyridine rings is 1. The number of hydrogen-bond donors (Lipinski definition) is 1. The van der Waals surface area contributed by atoms with Crippen LogP contribution in [-0.2, 0) is 17.8 Å². The first-order valence-electron chi connectivity index (χ1n) is 8.48. The third kappa shape index (κ3) is 5.86. The molecule has 0 atom stereocenters. The first-order valence-corrected chi connectivity index (χ1v) is 8.48. The highest BCUT2D eigenvalue weighted by Gasteiger charge is 2.17. The molecule has 7 nitrogen and oxygen atoms in total. The molecule has 2 aromatic heterocycles. The Morgan fingerprint density at radius 2 is 2.20 bits per heavy atom. The molecule has 0 radical (unpaired) electrons. The van der Waals surface area contributed by atoms with Gasteiger partial charge in [0, 0.05) is 32.5 Å². The average molecular weight is 345 g/mol. The Bertz CT molecular complexity index is 669. The fourth-order valence-corrected chi connectivity index (χ4v) is 2.46. The van der Waals surface area contributed by atoms with E-state index in [0.717, 1.165) is 17.9 Å². The van der Waals surface area contributed by atoms with Gasteiger partial charge in [-0.1, -0.05) is 19.9 Å². The van der Waals surface area contributed by atoms with Crippen LogP contribution in [0.15, 0.2) is 30.5 Å². The quantitative estimate of drug-likeness (QED) is 0.798. The average Bonchev–Trinajstić information content (AvgIpc) is 2.90. The van der Waals surface area contributed by atoms with E-state index >= 15 is 0 Å². The van der Waals surface area contributed by atoms with Gasteiger partial charge in [-0.15, -0.1) is 0 Å². The second-order valence-corrected chi connectivity index (χ2v) is 6.41. The summed E-state index contributed by atoms with van der Waals surface area (Å²) in [6.45, 7) is 8.28. The molecule has 0 unspecified atom stereocenters. The Morgan fingerprint density at radius 3 is 2.84 bits per heavy atom. The zero-order chi connectivity index (χ0) is 18.2. The van der Waals surface area contributed by atoms with Crippen LogP contribution in [0.2, 0.25) is 0 Å². The minimum atomic E-state index is -0.187. The molecule has 0 aliphatic heterocycles. The fourth-order valence-electron chi connectivity index (χ4n) is 2.46. The second kappa shape index (κ2) is 9.17. The van der Waals surface area contributed by atoms with Gasteiger partial charge < -0.3 is 9.64 Å². The number of ether oxygens (including phenoxy) is 1. The molecule has 1 N–H and O–H groups in total. The summed E-state index contributed by atoms with van der Waals surface area (Å²) >= 11 is 0. The Morgan fingerprint density at radius 1 is 1.40 bits per heavy atom. The highest BCUT2D eigenvalue weighted by molar-refractivity contribution is 5.88. The predicted octanol–water partition coefficient (Wildman–Crippen LogP) is 2.92. The van der Waals surface area contributed by atoms with Crippen molar-refractivity contribution >= 4 is 11.8 Å². The van der Waals surface area contributed by atoms with Crippen molar-refractivity contribution in [1.82, 2.24) is 19.7 Å². The van der Waals surface area contributed by atoms with Crippen molar-refractivity contribution in [2.45, 2.75) is 33.9 Å². The van der Waals surface area contributed by atoms with Crippen LogP contribution in [0.25, 0.3) is 0 Å². The van der Waals surface area contributed by atoms with Crippen LogP contribution in [0.3, 0.4) is 0 Å². The number of nitrogens with zero attached hydrogens (tertiary/aromatic N) is 4. The van der Waals surface area contributed by atoms with Crippen LogP contribution >= 0.6 is 0 Å². The minimum Gasteiger partial charge on any atom is -0.383 e. The van der Waals surface area contributed by atoms with E-state index in [9.17, 15) is 4.79 Å². The lowest BCUT2D eigenvalue weighted by Crippen LogP contribution is -2.37. The lowest BCUT2D eigenvalue weighted by Gasteiger charge is -2.23. The van der Waals surface area contributed by atoms with Crippen molar-refractivity contribution in [1.29, 1.82) is 0 Å². The number of nitrogens with one attached hydrogen (secondary N) is 1. The first-order chi connectivity index (χ1) is 12.0. The van der Waals surface area contributed by atoms with Crippen molar-refractivity contribution in [3.63, 3.8) is 0 Å². The van der Waals surface area contributed by atoms with E-state index in [0.29, 0.717) is 31.4 Å². The zero-order valence-electron chi connectivity index (χ0n) is 15.4. The molecular weight excluding hydrogens is 318 g/mol. The molecule has 2 amide bonds. The van der Waals surface area contributed by atoms with Crippen LogP contribution < -0.4 is 5.32 Å². The summed E-state index contributed by atoms with van der Waals surface area (Å²) in [6, 6.07) is 7.37. The summed E-state index contributed by atoms with van der Waals surface area (Å²) in [5, 5.41) is 7.43. The Labute approximate surface area is 149 Å². The standard InChI is InChI=1S/C18H27N5O2/c1-14(2)12-23-17(11-15(3)21-23)20-18(24)22(9-10-25-4)13-16-7-5-6-8-19-16/h5-8,11,14H,9-10,12-13H2,1-4H3,(H,20,24). The van der Waals surface area contributed by atoms with Gasteiger partial charge in [-0.25, -0.2) is 9.48 Å².